The first kappa shape index (κ1) is 14.2. The van der Waals surface area contributed by atoms with Gasteiger partial charge in [0, 0.05) is 23.8 Å². The van der Waals surface area contributed by atoms with Gasteiger partial charge in [-0.3, -0.25) is 4.79 Å². The van der Waals surface area contributed by atoms with Crippen LogP contribution >= 0.6 is 15.9 Å². The molecule has 17 heavy (non-hydrogen) atoms. The van der Waals surface area contributed by atoms with Crippen molar-refractivity contribution in [2.24, 2.45) is 5.92 Å². The van der Waals surface area contributed by atoms with Gasteiger partial charge in [0.25, 0.3) is 5.91 Å². The lowest BCUT2D eigenvalue weighted by molar-refractivity contribution is 0.0722. The molecular weight excluding hydrogens is 280 g/mol. The van der Waals surface area contributed by atoms with Gasteiger partial charge in [-0.25, -0.2) is 4.98 Å². The van der Waals surface area contributed by atoms with E-state index >= 15 is 0 Å². The molecule has 1 aromatic rings. The van der Waals surface area contributed by atoms with Gasteiger partial charge < -0.3 is 4.90 Å². The van der Waals surface area contributed by atoms with Crippen LogP contribution < -0.4 is 0 Å². The van der Waals surface area contributed by atoms with Crippen molar-refractivity contribution in [3.63, 3.8) is 0 Å². The molecule has 1 aromatic heterocycles. The van der Waals surface area contributed by atoms with Crippen LogP contribution in [0.25, 0.3) is 0 Å². The molecule has 1 heterocycles. The van der Waals surface area contributed by atoms with Crippen molar-refractivity contribution in [2.45, 2.75) is 33.2 Å². The summed E-state index contributed by atoms with van der Waals surface area (Å²) >= 11 is 3.31. The zero-order chi connectivity index (χ0) is 13.0. The van der Waals surface area contributed by atoms with Crippen LogP contribution in [-0.2, 0) is 0 Å². The van der Waals surface area contributed by atoms with Gasteiger partial charge in [-0.2, -0.15) is 0 Å². The van der Waals surface area contributed by atoms with Gasteiger partial charge in [0.05, 0.1) is 0 Å². The predicted molar refractivity (Wildman–Crippen MR) is 72.9 cm³/mol. The van der Waals surface area contributed by atoms with Gasteiger partial charge in [-0.15, -0.1) is 0 Å². The molecule has 3 nitrogen and oxygen atoms in total. The maximum atomic E-state index is 12.1. The summed E-state index contributed by atoms with van der Waals surface area (Å²) in [5, 5.41) is 0. The van der Waals surface area contributed by atoms with Crippen molar-refractivity contribution >= 4 is 21.8 Å². The number of pyridine rings is 1. The van der Waals surface area contributed by atoms with Crippen LogP contribution in [-0.4, -0.2) is 28.9 Å². The fourth-order valence-corrected chi connectivity index (χ4v) is 1.96. The SMILES string of the molecule is CC(C)CC(C)N(C)C(=O)c1ccc(Br)cn1. The monoisotopic (exact) mass is 298 g/mol. The highest BCUT2D eigenvalue weighted by molar-refractivity contribution is 9.10. The number of halogens is 1. The maximum Gasteiger partial charge on any atom is 0.272 e. The fraction of sp³-hybridized carbons (Fsp3) is 0.538. The fourth-order valence-electron chi connectivity index (χ4n) is 1.72. The van der Waals surface area contributed by atoms with Gasteiger partial charge in [-0.05, 0) is 47.3 Å². The molecular formula is C13H19BrN2O. The van der Waals surface area contributed by atoms with E-state index in [-0.39, 0.29) is 11.9 Å². The van der Waals surface area contributed by atoms with Crippen LogP contribution in [0.15, 0.2) is 22.8 Å². The van der Waals surface area contributed by atoms with Crippen molar-refractivity contribution in [3.8, 4) is 0 Å². The zero-order valence-electron chi connectivity index (χ0n) is 10.8. The lowest BCUT2D eigenvalue weighted by Gasteiger charge is -2.26. The Bertz CT molecular complexity index is 376. The molecule has 0 aliphatic heterocycles. The molecule has 0 aliphatic carbocycles. The van der Waals surface area contributed by atoms with E-state index in [0.717, 1.165) is 10.9 Å². The average Bonchev–Trinajstić information content (AvgIpc) is 2.27. The number of nitrogens with zero attached hydrogens (tertiary/aromatic N) is 2. The van der Waals surface area contributed by atoms with Crippen LogP contribution in [0.5, 0.6) is 0 Å². The van der Waals surface area contributed by atoms with E-state index in [2.05, 4.69) is 41.7 Å². The summed E-state index contributed by atoms with van der Waals surface area (Å²) in [5.41, 5.74) is 0.492. The molecule has 1 amide bonds. The summed E-state index contributed by atoms with van der Waals surface area (Å²) in [4.78, 5) is 18.0. The lowest BCUT2D eigenvalue weighted by Crippen LogP contribution is -2.36. The molecule has 0 N–H and O–H groups in total. The average molecular weight is 299 g/mol. The smallest absolute Gasteiger partial charge is 0.272 e. The summed E-state index contributed by atoms with van der Waals surface area (Å²) in [6.07, 6.45) is 2.65. The minimum Gasteiger partial charge on any atom is -0.338 e. The minimum atomic E-state index is -0.0225. The molecule has 1 unspecified atom stereocenters. The first-order valence-electron chi connectivity index (χ1n) is 5.80. The Morgan fingerprint density at radius 3 is 2.53 bits per heavy atom. The lowest BCUT2D eigenvalue weighted by atomic mass is 10.0. The summed E-state index contributed by atoms with van der Waals surface area (Å²) in [5.74, 6) is 0.559. The molecule has 0 bridgehead atoms. The minimum absolute atomic E-state index is 0.0225. The Balaban J connectivity index is 2.72. The van der Waals surface area contributed by atoms with Crippen molar-refractivity contribution in [1.82, 2.24) is 9.88 Å². The molecule has 1 atom stereocenters. The van der Waals surface area contributed by atoms with Gasteiger partial charge in [0.15, 0.2) is 0 Å². The van der Waals surface area contributed by atoms with Gasteiger partial charge in [0.1, 0.15) is 5.69 Å². The summed E-state index contributed by atoms with van der Waals surface area (Å²) < 4.78 is 0.881. The van der Waals surface area contributed by atoms with Crippen LogP contribution in [0.2, 0.25) is 0 Å². The number of carbonyl (C=O) groups excluding carboxylic acids is 1. The summed E-state index contributed by atoms with van der Waals surface area (Å²) in [6, 6.07) is 3.81. The van der Waals surface area contributed by atoms with Crippen molar-refractivity contribution in [3.05, 3.63) is 28.5 Å². The van der Waals surface area contributed by atoms with E-state index in [1.54, 1.807) is 17.2 Å². The highest BCUT2D eigenvalue weighted by Crippen LogP contribution is 2.13. The molecule has 0 saturated heterocycles. The standard InChI is InChI=1S/C13H19BrN2O/c1-9(2)7-10(3)16(4)13(17)12-6-5-11(14)8-15-12/h5-6,8-10H,7H2,1-4H3. The Kier molecular flexibility index (Phi) is 5.12. The van der Waals surface area contributed by atoms with Crippen LogP contribution in [0.1, 0.15) is 37.7 Å². The topological polar surface area (TPSA) is 33.2 Å². The number of rotatable bonds is 4. The number of carbonyl (C=O) groups is 1. The van der Waals surface area contributed by atoms with Crippen LogP contribution in [0.4, 0.5) is 0 Å². The van der Waals surface area contributed by atoms with Gasteiger partial charge >= 0.3 is 0 Å². The Morgan fingerprint density at radius 1 is 1.41 bits per heavy atom. The Hall–Kier alpha value is -0.900. The highest BCUT2D eigenvalue weighted by atomic mass is 79.9. The number of hydrogen-bond acceptors (Lipinski definition) is 2. The van der Waals surface area contributed by atoms with E-state index in [4.69, 9.17) is 0 Å². The van der Waals surface area contributed by atoms with Crippen LogP contribution in [0, 0.1) is 5.92 Å². The molecule has 0 saturated carbocycles. The van der Waals surface area contributed by atoms with E-state index in [0.29, 0.717) is 11.6 Å². The Morgan fingerprint density at radius 2 is 2.06 bits per heavy atom. The quantitative estimate of drug-likeness (QED) is 0.854. The molecule has 1 rings (SSSR count). The molecule has 0 fully saturated rings. The number of aromatic nitrogens is 1. The molecule has 0 radical (unpaired) electrons. The van der Waals surface area contributed by atoms with Crippen molar-refractivity contribution in [2.75, 3.05) is 7.05 Å². The molecule has 0 spiro atoms. The first-order chi connectivity index (χ1) is 7.91. The Labute approximate surface area is 111 Å². The predicted octanol–water partition coefficient (Wildman–Crippen LogP) is 3.35. The van der Waals surface area contributed by atoms with Crippen molar-refractivity contribution in [1.29, 1.82) is 0 Å². The van der Waals surface area contributed by atoms with Crippen LogP contribution in [0.3, 0.4) is 0 Å². The summed E-state index contributed by atoms with van der Waals surface area (Å²) in [7, 11) is 1.83. The van der Waals surface area contributed by atoms with E-state index in [1.165, 1.54) is 0 Å². The highest BCUT2D eigenvalue weighted by Gasteiger charge is 2.19. The van der Waals surface area contributed by atoms with E-state index in [1.807, 2.05) is 13.1 Å². The second-order valence-corrected chi connectivity index (χ2v) is 5.67. The molecule has 94 valence electrons. The third kappa shape index (κ3) is 4.11. The molecule has 4 heteroatoms. The second-order valence-electron chi connectivity index (χ2n) is 4.76. The van der Waals surface area contributed by atoms with Gasteiger partial charge in [0.2, 0.25) is 0 Å². The van der Waals surface area contributed by atoms with Gasteiger partial charge in [-0.1, -0.05) is 13.8 Å². The largest absolute Gasteiger partial charge is 0.338 e. The first-order valence-corrected chi connectivity index (χ1v) is 6.59. The zero-order valence-corrected chi connectivity index (χ0v) is 12.4. The maximum absolute atomic E-state index is 12.1. The second kappa shape index (κ2) is 6.15. The van der Waals surface area contributed by atoms with E-state index < -0.39 is 0 Å². The third-order valence-corrected chi connectivity index (χ3v) is 3.21. The molecule has 0 aliphatic rings. The number of hydrogen-bond donors (Lipinski definition) is 0. The number of amides is 1. The normalized spacial score (nSPS) is 12.6. The third-order valence-electron chi connectivity index (χ3n) is 2.74. The van der Waals surface area contributed by atoms with E-state index in [9.17, 15) is 4.79 Å². The summed E-state index contributed by atoms with van der Waals surface area (Å²) in [6.45, 7) is 6.39. The molecule has 0 aromatic carbocycles. The van der Waals surface area contributed by atoms with Crippen molar-refractivity contribution < 1.29 is 4.79 Å².